The molecule has 3 rings (SSSR count). The van der Waals surface area contributed by atoms with Crippen LogP contribution in [0.2, 0.25) is 0 Å². The van der Waals surface area contributed by atoms with Crippen molar-refractivity contribution in [2.45, 2.75) is 52.8 Å². The molecule has 0 saturated carbocycles. The second-order valence-electron chi connectivity index (χ2n) is 8.10. The number of nitrogens with zero attached hydrogens (tertiary/aromatic N) is 5. The molecule has 0 aliphatic carbocycles. The van der Waals surface area contributed by atoms with E-state index in [2.05, 4.69) is 70.4 Å². The van der Waals surface area contributed by atoms with E-state index in [-0.39, 0.29) is 36.1 Å². The minimum absolute atomic E-state index is 0. The molecule has 9 heteroatoms. The van der Waals surface area contributed by atoms with E-state index in [4.69, 9.17) is 4.74 Å². The van der Waals surface area contributed by atoms with Gasteiger partial charge in [0.25, 0.3) is 0 Å². The van der Waals surface area contributed by atoms with Crippen molar-refractivity contribution in [1.29, 1.82) is 0 Å². The molecule has 31 heavy (non-hydrogen) atoms. The maximum Gasteiger partial charge on any atom is 0.191 e. The Labute approximate surface area is 202 Å². The Morgan fingerprint density at radius 3 is 2.71 bits per heavy atom. The summed E-state index contributed by atoms with van der Waals surface area (Å²) >= 11 is 0. The molecule has 0 aromatic carbocycles. The van der Waals surface area contributed by atoms with Crippen molar-refractivity contribution in [1.82, 2.24) is 25.4 Å². The van der Waals surface area contributed by atoms with Crippen LogP contribution in [-0.4, -0.2) is 59.6 Å². The Bertz CT molecular complexity index is 865. The Balaban J connectivity index is 0.00000341. The molecule has 2 aromatic rings. The standard InChI is InChI=1S/C22H35N7O.HI/c1-15(11-20-17(3)27-28(6)18(20)4)26-22(23-5)25-13-19-7-8-21(24-12-19)29-9-10-30-16(2)14-29;/h7-8,12,15-16H,9-11,13-14H2,1-6H3,(H2,23,25,26);1H. The Morgan fingerprint density at radius 1 is 1.35 bits per heavy atom. The molecule has 2 aromatic heterocycles. The molecule has 0 radical (unpaired) electrons. The lowest BCUT2D eigenvalue weighted by atomic mass is 10.1. The zero-order valence-corrected chi connectivity index (χ0v) is 21.8. The van der Waals surface area contributed by atoms with Gasteiger partial charge in [-0.1, -0.05) is 6.07 Å². The van der Waals surface area contributed by atoms with Gasteiger partial charge in [0.1, 0.15) is 5.82 Å². The minimum atomic E-state index is 0. The van der Waals surface area contributed by atoms with Crippen LogP contribution in [0.4, 0.5) is 5.82 Å². The van der Waals surface area contributed by atoms with Crippen LogP contribution in [0.3, 0.4) is 0 Å². The van der Waals surface area contributed by atoms with Crippen LogP contribution in [0.5, 0.6) is 0 Å². The van der Waals surface area contributed by atoms with Crippen LogP contribution in [0.15, 0.2) is 23.3 Å². The lowest BCUT2D eigenvalue weighted by Gasteiger charge is -2.32. The third-order valence-corrected chi connectivity index (χ3v) is 5.61. The number of halogens is 1. The predicted molar refractivity (Wildman–Crippen MR) is 136 cm³/mol. The second kappa shape index (κ2) is 11.7. The van der Waals surface area contributed by atoms with Gasteiger partial charge in [0.15, 0.2) is 5.96 Å². The number of guanidine groups is 1. The highest BCUT2D eigenvalue weighted by atomic mass is 127. The number of morpholine rings is 1. The van der Waals surface area contributed by atoms with Crippen molar-refractivity contribution in [3.63, 3.8) is 0 Å². The molecule has 1 fully saturated rings. The zero-order chi connectivity index (χ0) is 21.7. The van der Waals surface area contributed by atoms with Gasteiger partial charge in [-0.05, 0) is 51.3 Å². The largest absolute Gasteiger partial charge is 0.375 e. The van der Waals surface area contributed by atoms with Gasteiger partial charge in [-0.15, -0.1) is 24.0 Å². The number of nitrogens with one attached hydrogen (secondary N) is 2. The van der Waals surface area contributed by atoms with Crippen LogP contribution in [0.25, 0.3) is 0 Å². The van der Waals surface area contributed by atoms with E-state index in [0.717, 1.165) is 49.2 Å². The highest BCUT2D eigenvalue weighted by Gasteiger charge is 2.18. The van der Waals surface area contributed by atoms with E-state index < -0.39 is 0 Å². The molecule has 1 aliphatic heterocycles. The van der Waals surface area contributed by atoms with Gasteiger partial charge in [-0.2, -0.15) is 5.10 Å². The van der Waals surface area contributed by atoms with Crippen molar-refractivity contribution in [3.05, 3.63) is 40.8 Å². The summed E-state index contributed by atoms with van der Waals surface area (Å²) in [5.74, 6) is 1.79. The fourth-order valence-electron chi connectivity index (χ4n) is 3.82. The van der Waals surface area contributed by atoms with E-state index in [1.165, 1.54) is 11.3 Å². The van der Waals surface area contributed by atoms with E-state index in [0.29, 0.717) is 6.54 Å². The molecule has 2 unspecified atom stereocenters. The highest BCUT2D eigenvalue weighted by Crippen LogP contribution is 2.16. The lowest BCUT2D eigenvalue weighted by Crippen LogP contribution is -2.43. The Morgan fingerprint density at radius 2 is 2.13 bits per heavy atom. The number of hydrogen-bond donors (Lipinski definition) is 2. The van der Waals surface area contributed by atoms with Crippen LogP contribution < -0.4 is 15.5 Å². The SMILES string of the molecule is CN=C(NCc1ccc(N2CCOC(C)C2)nc1)NC(C)Cc1c(C)nn(C)c1C.I. The Hall–Kier alpha value is -1.88. The van der Waals surface area contributed by atoms with Crippen LogP contribution in [0, 0.1) is 13.8 Å². The topological polar surface area (TPSA) is 79.6 Å². The summed E-state index contributed by atoms with van der Waals surface area (Å²) in [4.78, 5) is 11.3. The van der Waals surface area contributed by atoms with Crippen LogP contribution in [-0.2, 0) is 24.8 Å². The zero-order valence-electron chi connectivity index (χ0n) is 19.5. The molecule has 172 valence electrons. The van der Waals surface area contributed by atoms with Gasteiger partial charge in [-0.25, -0.2) is 4.98 Å². The number of aromatic nitrogens is 3. The molecule has 2 N–H and O–H groups in total. The molecule has 0 bridgehead atoms. The third-order valence-electron chi connectivity index (χ3n) is 5.61. The molecule has 8 nitrogen and oxygen atoms in total. The summed E-state index contributed by atoms with van der Waals surface area (Å²) in [6, 6.07) is 4.44. The van der Waals surface area contributed by atoms with Crippen molar-refractivity contribution in [3.8, 4) is 0 Å². The van der Waals surface area contributed by atoms with Crippen molar-refractivity contribution in [2.24, 2.45) is 12.0 Å². The summed E-state index contributed by atoms with van der Waals surface area (Å²) < 4.78 is 7.55. The van der Waals surface area contributed by atoms with Gasteiger partial charge >= 0.3 is 0 Å². The van der Waals surface area contributed by atoms with Gasteiger partial charge in [0.05, 0.1) is 18.4 Å². The molecule has 3 heterocycles. The molecule has 1 aliphatic rings. The smallest absolute Gasteiger partial charge is 0.191 e. The first-order valence-electron chi connectivity index (χ1n) is 10.6. The number of anilines is 1. The number of aryl methyl sites for hydroxylation is 2. The van der Waals surface area contributed by atoms with E-state index in [1.54, 1.807) is 7.05 Å². The normalized spacial score (nSPS) is 17.8. The molecular weight excluding hydrogens is 505 g/mol. The number of hydrogen-bond acceptors (Lipinski definition) is 5. The van der Waals surface area contributed by atoms with Gasteiger partial charge in [0, 0.05) is 51.7 Å². The molecule has 1 saturated heterocycles. The summed E-state index contributed by atoms with van der Waals surface area (Å²) in [6.07, 6.45) is 3.08. The van der Waals surface area contributed by atoms with Crippen LogP contribution in [0.1, 0.15) is 36.4 Å². The number of ether oxygens (including phenoxy) is 1. The number of rotatable bonds is 6. The van der Waals surface area contributed by atoms with Crippen LogP contribution >= 0.6 is 24.0 Å². The lowest BCUT2D eigenvalue weighted by molar-refractivity contribution is 0.0529. The first-order valence-corrected chi connectivity index (χ1v) is 10.6. The van der Waals surface area contributed by atoms with Gasteiger partial charge < -0.3 is 20.3 Å². The molecule has 2 atom stereocenters. The van der Waals surface area contributed by atoms with E-state index >= 15 is 0 Å². The first kappa shape index (κ1) is 25.4. The van der Waals surface area contributed by atoms with E-state index in [9.17, 15) is 0 Å². The average molecular weight is 541 g/mol. The number of aliphatic imine (C=N–C) groups is 1. The van der Waals surface area contributed by atoms with Gasteiger partial charge in [0.2, 0.25) is 0 Å². The minimum Gasteiger partial charge on any atom is -0.375 e. The predicted octanol–water partition coefficient (Wildman–Crippen LogP) is 2.57. The van der Waals surface area contributed by atoms with Crippen molar-refractivity contribution in [2.75, 3.05) is 31.6 Å². The first-order chi connectivity index (χ1) is 14.4. The average Bonchev–Trinajstić information content (AvgIpc) is 2.97. The summed E-state index contributed by atoms with van der Waals surface area (Å²) in [6.45, 7) is 11.6. The molecular formula is C22H36IN7O. The maximum atomic E-state index is 5.61. The molecule has 0 amide bonds. The quantitative estimate of drug-likeness (QED) is 0.333. The third kappa shape index (κ3) is 6.80. The van der Waals surface area contributed by atoms with Gasteiger partial charge in [-0.3, -0.25) is 9.67 Å². The Kier molecular flexibility index (Phi) is 9.54. The summed E-state index contributed by atoms with van der Waals surface area (Å²) in [7, 11) is 3.78. The maximum absolute atomic E-state index is 5.61. The monoisotopic (exact) mass is 541 g/mol. The fourth-order valence-corrected chi connectivity index (χ4v) is 3.82. The summed E-state index contributed by atoms with van der Waals surface area (Å²) in [5.41, 5.74) is 4.72. The molecule has 0 spiro atoms. The number of pyridine rings is 1. The van der Waals surface area contributed by atoms with Crippen molar-refractivity contribution < 1.29 is 4.74 Å². The second-order valence-corrected chi connectivity index (χ2v) is 8.10. The fraction of sp³-hybridized carbons (Fsp3) is 0.591. The van der Waals surface area contributed by atoms with E-state index in [1.807, 2.05) is 17.9 Å². The van der Waals surface area contributed by atoms with Crippen molar-refractivity contribution >= 4 is 35.8 Å². The highest BCUT2D eigenvalue weighted by molar-refractivity contribution is 14.0. The summed E-state index contributed by atoms with van der Waals surface area (Å²) in [5, 5.41) is 11.4.